The highest BCUT2D eigenvalue weighted by molar-refractivity contribution is 6.05. The third kappa shape index (κ3) is 3.65. The first-order valence-corrected chi connectivity index (χ1v) is 9.71. The zero-order valence-electron chi connectivity index (χ0n) is 16.2. The molecule has 2 amide bonds. The second-order valence-corrected chi connectivity index (χ2v) is 7.36. The lowest BCUT2D eigenvalue weighted by atomic mass is 10.0. The first-order chi connectivity index (χ1) is 14.5. The van der Waals surface area contributed by atoms with Gasteiger partial charge in [0.25, 0.3) is 5.91 Å². The number of nitrogens with one attached hydrogen (secondary N) is 2. The number of primary amides is 1. The molecule has 8 heteroatoms. The van der Waals surface area contributed by atoms with E-state index in [0.717, 1.165) is 11.8 Å². The number of anilines is 1. The van der Waals surface area contributed by atoms with Crippen LogP contribution in [0, 0.1) is 0 Å². The second kappa shape index (κ2) is 8.00. The predicted molar refractivity (Wildman–Crippen MR) is 112 cm³/mol. The Morgan fingerprint density at radius 1 is 1.17 bits per heavy atom. The van der Waals surface area contributed by atoms with Gasteiger partial charge < -0.3 is 21.1 Å². The van der Waals surface area contributed by atoms with Crippen molar-refractivity contribution >= 4 is 34.4 Å². The van der Waals surface area contributed by atoms with Crippen molar-refractivity contribution in [2.24, 2.45) is 5.73 Å². The summed E-state index contributed by atoms with van der Waals surface area (Å²) in [6, 6.07) is 12.6. The number of nitrogens with zero attached hydrogens (tertiary/aromatic N) is 1. The standard InChI is InChI=1S/C22H22N4O4/c23-20(27)18-7-4-10-26(18)19(22(29)30)16-12-24-17-11-14(8-9-15(16)17)25-21(28)13-5-2-1-3-6-13/h1-3,5-6,8-9,11-12,18-19,24H,4,7,10H2,(H2,23,27)(H,25,28)(H,29,30)/t18-,19?/m0/s1. The van der Waals surface area contributed by atoms with Gasteiger partial charge in [-0.2, -0.15) is 0 Å². The van der Waals surface area contributed by atoms with E-state index in [0.29, 0.717) is 35.3 Å². The predicted octanol–water partition coefficient (Wildman–Crippen LogP) is 2.50. The summed E-state index contributed by atoms with van der Waals surface area (Å²) in [4.78, 5) is 41.0. The Kier molecular flexibility index (Phi) is 5.24. The van der Waals surface area contributed by atoms with Crippen LogP contribution in [0.2, 0.25) is 0 Å². The maximum Gasteiger partial charge on any atom is 0.325 e. The largest absolute Gasteiger partial charge is 0.480 e. The minimum Gasteiger partial charge on any atom is -0.480 e. The lowest BCUT2D eigenvalue weighted by molar-refractivity contribution is -0.144. The van der Waals surface area contributed by atoms with Crippen molar-refractivity contribution in [3.63, 3.8) is 0 Å². The molecule has 0 radical (unpaired) electrons. The molecule has 2 heterocycles. The van der Waals surface area contributed by atoms with Crippen LogP contribution in [0.15, 0.2) is 54.7 Å². The van der Waals surface area contributed by atoms with Gasteiger partial charge in [-0.05, 0) is 37.1 Å². The smallest absolute Gasteiger partial charge is 0.325 e. The number of carboxylic acids is 1. The highest BCUT2D eigenvalue weighted by atomic mass is 16.4. The molecule has 0 bridgehead atoms. The molecule has 154 valence electrons. The van der Waals surface area contributed by atoms with Gasteiger partial charge in [0.1, 0.15) is 6.04 Å². The van der Waals surface area contributed by atoms with Crippen LogP contribution in [0.5, 0.6) is 0 Å². The molecule has 0 spiro atoms. The average Bonchev–Trinajstić information content (AvgIpc) is 3.36. The van der Waals surface area contributed by atoms with Crippen molar-refractivity contribution in [3.05, 3.63) is 65.9 Å². The molecule has 2 aromatic carbocycles. The van der Waals surface area contributed by atoms with Crippen LogP contribution in [-0.4, -0.2) is 45.4 Å². The number of carbonyl (C=O) groups excluding carboxylic acids is 2. The van der Waals surface area contributed by atoms with Crippen LogP contribution >= 0.6 is 0 Å². The summed E-state index contributed by atoms with van der Waals surface area (Å²) in [5.41, 5.74) is 7.87. The zero-order valence-corrected chi connectivity index (χ0v) is 16.2. The number of aliphatic carboxylic acids is 1. The maximum absolute atomic E-state index is 12.4. The van der Waals surface area contributed by atoms with Crippen molar-refractivity contribution in [1.29, 1.82) is 0 Å². The second-order valence-electron chi connectivity index (χ2n) is 7.36. The molecule has 4 rings (SSSR count). The van der Waals surface area contributed by atoms with E-state index in [1.807, 2.05) is 6.07 Å². The van der Waals surface area contributed by atoms with Gasteiger partial charge >= 0.3 is 5.97 Å². The van der Waals surface area contributed by atoms with Gasteiger partial charge in [0.15, 0.2) is 0 Å². The summed E-state index contributed by atoms with van der Waals surface area (Å²) in [6.45, 7) is 0.489. The number of benzene rings is 2. The first kappa shape index (κ1) is 19.7. The SMILES string of the molecule is NC(=O)[C@@H]1CCCN1C(C(=O)O)c1c[nH]c2cc(NC(=O)c3ccccc3)ccc12. The van der Waals surface area contributed by atoms with E-state index in [9.17, 15) is 19.5 Å². The lowest BCUT2D eigenvalue weighted by Crippen LogP contribution is -2.44. The van der Waals surface area contributed by atoms with Crippen molar-refractivity contribution in [1.82, 2.24) is 9.88 Å². The molecule has 0 aliphatic carbocycles. The fourth-order valence-electron chi connectivity index (χ4n) is 4.10. The molecule has 0 saturated carbocycles. The van der Waals surface area contributed by atoms with E-state index < -0.39 is 24.0 Å². The lowest BCUT2D eigenvalue weighted by Gasteiger charge is -2.28. The number of carboxylic acid groups (broad SMARTS) is 1. The third-order valence-corrected chi connectivity index (χ3v) is 5.49. The number of hydrogen-bond donors (Lipinski definition) is 4. The Bertz CT molecular complexity index is 1110. The van der Waals surface area contributed by atoms with Gasteiger partial charge in [0, 0.05) is 40.5 Å². The van der Waals surface area contributed by atoms with E-state index in [2.05, 4.69) is 10.3 Å². The number of aromatic amines is 1. The molecule has 8 nitrogen and oxygen atoms in total. The molecule has 1 aliphatic heterocycles. The van der Waals surface area contributed by atoms with Gasteiger partial charge in [0.2, 0.25) is 5.91 Å². The number of nitrogens with two attached hydrogens (primary N) is 1. The van der Waals surface area contributed by atoms with Gasteiger partial charge in [0.05, 0.1) is 6.04 Å². The fraction of sp³-hybridized carbons (Fsp3) is 0.227. The highest BCUT2D eigenvalue weighted by Crippen LogP contribution is 2.34. The monoisotopic (exact) mass is 406 g/mol. The Morgan fingerprint density at radius 2 is 1.93 bits per heavy atom. The minimum atomic E-state index is -1.04. The number of H-pyrrole nitrogens is 1. The van der Waals surface area contributed by atoms with E-state index in [4.69, 9.17) is 5.73 Å². The van der Waals surface area contributed by atoms with E-state index in [-0.39, 0.29) is 5.91 Å². The van der Waals surface area contributed by atoms with Crippen molar-refractivity contribution in [3.8, 4) is 0 Å². The van der Waals surface area contributed by atoms with Crippen LogP contribution in [0.3, 0.4) is 0 Å². The number of aromatic nitrogens is 1. The fourth-order valence-corrected chi connectivity index (χ4v) is 4.10. The number of carbonyl (C=O) groups is 3. The number of amides is 2. The van der Waals surface area contributed by atoms with Crippen LogP contribution in [0.4, 0.5) is 5.69 Å². The van der Waals surface area contributed by atoms with E-state index >= 15 is 0 Å². The first-order valence-electron chi connectivity index (χ1n) is 9.71. The van der Waals surface area contributed by atoms with Crippen LogP contribution in [-0.2, 0) is 9.59 Å². The number of fused-ring (bicyclic) bond motifs is 1. The molecular weight excluding hydrogens is 384 g/mol. The molecular formula is C22H22N4O4. The quantitative estimate of drug-likeness (QED) is 0.500. The summed E-state index contributed by atoms with van der Waals surface area (Å²) >= 11 is 0. The number of hydrogen-bond acceptors (Lipinski definition) is 4. The molecule has 1 aliphatic rings. The summed E-state index contributed by atoms with van der Waals surface area (Å²) < 4.78 is 0. The van der Waals surface area contributed by atoms with Crippen LogP contribution < -0.4 is 11.1 Å². The molecule has 2 atom stereocenters. The highest BCUT2D eigenvalue weighted by Gasteiger charge is 2.39. The summed E-state index contributed by atoms with van der Waals surface area (Å²) in [6.07, 6.45) is 2.91. The summed E-state index contributed by atoms with van der Waals surface area (Å²) in [7, 11) is 0. The number of rotatable bonds is 6. The molecule has 3 aromatic rings. The Labute approximate surface area is 172 Å². The topological polar surface area (TPSA) is 129 Å². The molecule has 5 N–H and O–H groups in total. The van der Waals surface area contributed by atoms with Crippen molar-refractivity contribution in [2.75, 3.05) is 11.9 Å². The van der Waals surface area contributed by atoms with Crippen molar-refractivity contribution in [2.45, 2.75) is 24.9 Å². The molecule has 1 unspecified atom stereocenters. The third-order valence-electron chi connectivity index (χ3n) is 5.49. The molecule has 1 saturated heterocycles. The Balaban J connectivity index is 1.63. The van der Waals surface area contributed by atoms with Crippen LogP contribution in [0.25, 0.3) is 10.9 Å². The maximum atomic E-state index is 12.4. The molecule has 1 fully saturated rings. The van der Waals surface area contributed by atoms with Gasteiger partial charge in [-0.25, -0.2) is 0 Å². The van der Waals surface area contributed by atoms with Crippen LogP contribution in [0.1, 0.15) is 34.8 Å². The minimum absolute atomic E-state index is 0.230. The molecule has 30 heavy (non-hydrogen) atoms. The van der Waals surface area contributed by atoms with Crippen molar-refractivity contribution < 1.29 is 19.5 Å². The van der Waals surface area contributed by atoms with Gasteiger partial charge in [-0.1, -0.05) is 24.3 Å². The Hall–Kier alpha value is -3.65. The van der Waals surface area contributed by atoms with E-state index in [1.54, 1.807) is 53.6 Å². The normalized spacial score (nSPS) is 17.7. The van der Waals surface area contributed by atoms with Gasteiger partial charge in [-0.15, -0.1) is 0 Å². The molecule has 1 aromatic heterocycles. The van der Waals surface area contributed by atoms with E-state index in [1.165, 1.54) is 0 Å². The summed E-state index contributed by atoms with van der Waals surface area (Å²) in [5.74, 6) is -1.78. The average molecular weight is 406 g/mol. The van der Waals surface area contributed by atoms with Gasteiger partial charge in [-0.3, -0.25) is 19.3 Å². The summed E-state index contributed by atoms with van der Waals surface area (Å²) in [5, 5.41) is 13.5. The Morgan fingerprint density at radius 3 is 2.63 bits per heavy atom. The zero-order chi connectivity index (χ0) is 21.3. The number of likely N-dealkylation sites (tertiary alicyclic amines) is 1.